The van der Waals surface area contributed by atoms with Crippen molar-refractivity contribution in [1.82, 2.24) is 15.0 Å². The Hall–Kier alpha value is -1.47. The number of carbonyl (C=O) groups excluding carboxylic acids is 1. The van der Waals surface area contributed by atoms with Crippen molar-refractivity contribution in [3.63, 3.8) is 0 Å². The Kier molecular flexibility index (Phi) is 4.05. The molecule has 2 aromatic heterocycles. The van der Waals surface area contributed by atoms with Gasteiger partial charge in [-0.05, 0) is 13.0 Å². The maximum Gasteiger partial charge on any atom is 0.236 e. The van der Waals surface area contributed by atoms with E-state index in [0.29, 0.717) is 10.3 Å². The predicted molar refractivity (Wildman–Crippen MR) is 68.2 cm³/mol. The molecule has 0 bridgehead atoms. The molecule has 0 atom stereocenters. The van der Waals surface area contributed by atoms with Gasteiger partial charge in [-0.15, -0.1) is 11.3 Å². The van der Waals surface area contributed by atoms with Crippen LogP contribution in [0.25, 0.3) is 0 Å². The Bertz CT molecular complexity index is 500. The van der Waals surface area contributed by atoms with Crippen LogP contribution >= 0.6 is 23.1 Å². The molecular weight excluding hydrogens is 256 g/mol. The van der Waals surface area contributed by atoms with Gasteiger partial charge in [-0.3, -0.25) is 4.79 Å². The summed E-state index contributed by atoms with van der Waals surface area (Å²) in [4.78, 5) is 23.8. The molecule has 88 valence electrons. The molecule has 0 aliphatic heterocycles. The van der Waals surface area contributed by atoms with E-state index in [-0.39, 0.29) is 11.7 Å². The van der Waals surface area contributed by atoms with Crippen molar-refractivity contribution in [2.24, 2.45) is 0 Å². The number of anilines is 1. The van der Waals surface area contributed by atoms with Crippen LogP contribution in [0, 0.1) is 6.92 Å². The van der Waals surface area contributed by atoms with E-state index in [4.69, 9.17) is 0 Å². The highest BCUT2D eigenvalue weighted by atomic mass is 32.2. The van der Waals surface area contributed by atoms with Crippen LogP contribution in [-0.2, 0) is 4.79 Å². The lowest BCUT2D eigenvalue weighted by atomic mass is 10.6. The lowest BCUT2D eigenvalue weighted by Crippen LogP contribution is -2.14. The van der Waals surface area contributed by atoms with Crippen LogP contribution in [0.1, 0.15) is 5.69 Å². The van der Waals surface area contributed by atoms with Gasteiger partial charge in [0.25, 0.3) is 0 Å². The number of hydrogen-bond acceptors (Lipinski definition) is 6. The molecular formula is C10H10N4OS2. The summed E-state index contributed by atoms with van der Waals surface area (Å²) < 4.78 is 0. The number of aryl methyl sites for hydroxylation is 1. The largest absolute Gasteiger partial charge is 0.301 e. The third-order valence-corrected chi connectivity index (χ3v) is 3.49. The maximum absolute atomic E-state index is 11.6. The normalized spacial score (nSPS) is 10.2. The van der Waals surface area contributed by atoms with E-state index < -0.39 is 0 Å². The topological polar surface area (TPSA) is 67.8 Å². The Labute approximate surface area is 107 Å². The fourth-order valence-electron chi connectivity index (χ4n) is 1.06. The second kappa shape index (κ2) is 5.74. The summed E-state index contributed by atoms with van der Waals surface area (Å²) >= 11 is 2.71. The minimum atomic E-state index is -0.100. The van der Waals surface area contributed by atoms with Crippen LogP contribution in [-0.4, -0.2) is 26.6 Å². The van der Waals surface area contributed by atoms with Gasteiger partial charge in [-0.25, -0.2) is 15.0 Å². The fraction of sp³-hybridized carbons (Fsp3) is 0.200. The van der Waals surface area contributed by atoms with Gasteiger partial charge >= 0.3 is 0 Å². The number of nitrogens with zero attached hydrogens (tertiary/aromatic N) is 3. The van der Waals surface area contributed by atoms with E-state index in [1.165, 1.54) is 23.1 Å². The van der Waals surface area contributed by atoms with E-state index in [2.05, 4.69) is 20.3 Å². The van der Waals surface area contributed by atoms with Crippen molar-refractivity contribution in [2.45, 2.75) is 12.1 Å². The highest BCUT2D eigenvalue weighted by Crippen LogP contribution is 2.16. The number of amides is 1. The van der Waals surface area contributed by atoms with Crippen molar-refractivity contribution in [3.8, 4) is 0 Å². The van der Waals surface area contributed by atoms with Gasteiger partial charge in [-0.2, -0.15) is 0 Å². The van der Waals surface area contributed by atoms with Gasteiger partial charge in [-0.1, -0.05) is 11.8 Å². The molecule has 0 saturated carbocycles. The highest BCUT2D eigenvalue weighted by Gasteiger charge is 2.06. The minimum Gasteiger partial charge on any atom is -0.301 e. The van der Waals surface area contributed by atoms with E-state index >= 15 is 0 Å². The number of hydrogen-bond donors (Lipinski definition) is 1. The number of thioether (sulfide) groups is 1. The van der Waals surface area contributed by atoms with Gasteiger partial charge in [0, 0.05) is 17.8 Å². The smallest absolute Gasteiger partial charge is 0.236 e. The number of rotatable bonds is 4. The van der Waals surface area contributed by atoms with Gasteiger partial charge < -0.3 is 5.32 Å². The summed E-state index contributed by atoms with van der Waals surface area (Å²) in [5.74, 6) is 0.180. The van der Waals surface area contributed by atoms with Gasteiger partial charge in [0.1, 0.15) is 0 Å². The lowest BCUT2D eigenvalue weighted by molar-refractivity contribution is -0.113. The molecule has 1 amide bonds. The van der Waals surface area contributed by atoms with Crippen LogP contribution < -0.4 is 5.32 Å². The Morgan fingerprint density at radius 2 is 2.24 bits per heavy atom. The fourth-order valence-corrected chi connectivity index (χ4v) is 2.36. The molecule has 0 aromatic carbocycles. The Morgan fingerprint density at radius 3 is 2.88 bits per heavy atom. The second-order valence-electron chi connectivity index (χ2n) is 3.16. The van der Waals surface area contributed by atoms with Crippen molar-refractivity contribution in [2.75, 3.05) is 11.1 Å². The number of carbonyl (C=O) groups is 1. The molecule has 2 heterocycles. The molecule has 0 saturated heterocycles. The molecule has 0 spiro atoms. The minimum absolute atomic E-state index is 0.100. The zero-order chi connectivity index (χ0) is 12.1. The first-order valence-electron chi connectivity index (χ1n) is 4.86. The van der Waals surface area contributed by atoms with Crippen molar-refractivity contribution < 1.29 is 4.79 Å². The second-order valence-corrected chi connectivity index (χ2v) is 4.96. The summed E-state index contributed by atoms with van der Waals surface area (Å²) in [6, 6.07) is 1.74. The van der Waals surface area contributed by atoms with E-state index in [9.17, 15) is 4.79 Å². The molecule has 0 aliphatic rings. The molecule has 0 radical (unpaired) electrons. The SMILES string of the molecule is Cc1csc(NC(=O)CSc2ncccn2)n1. The average Bonchev–Trinajstić information content (AvgIpc) is 2.73. The third kappa shape index (κ3) is 3.79. The molecule has 5 nitrogen and oxygen atoms in total. The zero-order valence-electron chi connectivity index (χ0n) is 9.08. The van der Waals surface area contributed by atoms with Crippen molar-refractivity contribution >= 4 is 34.1 Å². The zero-order valence-corrected chi connectivity index (χ0v) is 10.7. The van der Waals surface area contributed by atoms with Gasteiger partial charge in [0.15, 0.2) is 10.3 Å². The molecule has 2 aromatic rings. The van der Waals surface area contributed by atoms with E-state index in [0.717, 1.165) is 5.69 Å². The molecule has 17 heavy (non-hydrogen) atoms. The standard InChI is InChI=1S/C10H10N4OS2/c1-7-5-16-10(13-7)14-8(15)6-17-9-11-3-2-4-12-9/h2-5H,6H2,1H3,(H,13,14,15). The third-order valence-electron chi connectivity index (χ3n) is 1.74. The quantitative estimate of drug-likeness (QED) is 0.677. The average molecular weight is 266 g/mol. The van der Waals surface area contributed by atoms with Crippen molar-refractivity contribution in [1.29, 1.82) is 0 Å². The first-order valence-corrected chi connectivity index (χ1v) is 6.72. The molecule has 2 rings (SSSR count). The summed E-state index contributed by atoms with van der Waals surface area (Å²) in [6.45, 7) is 1.89. The molecule has 1 N–H and O–H groups in total. The summed E-state index contributed by atoms with van der Waals surface area (Å²) in [5.41, 5.74) is 0.907. The Morgan fingerprint density at radius 1 is 1.47 bits per heavy atom. The van der Waals surface area contributed by atoms with Crippen LogP contribution in [0.15, 0.2) is 29.0 Å². The molecule has 7 heteroatoms. The van der Waals surface area contributed by atoms with Crippen LogP contribution in [0.4, 0.5) is 5.13 Å². The van der Waals surface area contributed by atoms with Crippen LogP contribution in [0.2, 0.25) is 0 Å². The first-order chi connectivity index (χ1) is 8.24. The van der Waals surface area contributed by atoms with Gasteiger partial charge in [0.05, 0.1) is 11.4 Å². The Balaban J connectivity index is 1.82. The van der Waals surface area contributed by atoms with Gasteiger partial charge in [0.2, 0.25) is 5.91 Å². The summed E-state index contributed by atoms with van der Waals surface area (Å²) in [5, 5.41) is 5.84. The van der Waals surface area contributed by atoms with E-state index in [1.54, 1.807) is 18.5 Å². The monoisotopic (exact) mass is 266 g/mol. The first kappa shape index (κ1) is 12.0. The van der Waals surface area contributed by atoms with E-state index in [1.807, 2.05) is 12.3 Å². The maximum atomic E-state index is 11.6. The number of thiazole rings is 1. The highest BCUT2D eigenvalue weighted by molar-refractivity contribution is 7.99. The molecule has 0 unspecified atom stereocenters. The number of aromatic nitrogens is 3. The summed E-state index contributed by atoms with van der Waals surface area (Å²) in [7, 11) is 0. The summed E-state index contributed by atoms with van der Waals surface area (Å²) in [6.07, 6.45) is 3.30. The van der Waals surface area contributed by atoms with Crippen molar-refractivity contribution in [3.05, 3.63) is 29.5 Å². The van der Waals surface area contributed by atoms with Crippen LogP contribution in [0.5, 0.6) is 0 Å². The van der Waals surface area contributed by atoms with Crippen LogP contribution in [0.3, 0.4) is 0 Å². The molecule has 0 fully saturated rings. The molecule has 0 aliphatic carbocycles. The predicted octanol–water partition coefficient (Wildman–Crippen LogP) is 1.97. The lowest BCUT2D eigenvalue weighted by Gasteiger charge is -2.00. The number of nitrogens with one attached hydrogen (secondary N) is 1.